The fourth-order valence-electron chi connectivity index (χ4n) is 3.41. The molecule has 3 N–H and O–H groups in total. The molecule has 7 nitrogen and oxygen atoms in total. The van der Waals surface area contributed by atoms with Crippen LogP contribution in [0.1, 0.15) is 28.4 Å². The maximum Gasteiger partial charge on any atom is 0.407 e. The third-order valence-electron chi connectivity index (χ3n) is 4.78. The Bertz CT molecular complexity index is 1030. The molecule has 0 saturated carbocycles. The number of amides is 2. The number of rotatable bonds is 3. The number of H-pyrrole nitrogens is 1. The smallest absolute Gasteiger partial charge is 0.407 e. The molecule has 0 spiro atoms. The van der Waals surface area contributed by atoms with Crippen LogP contribution in [-0.4, -0.2) is 45.1 Å². The van der Waals surface area contributed by atoms with Crippen LogP contribution in [0.5, 0.6) is 0 Å². The molecule has 0 radical (unpaired) electrons. The summed E-state index contributed by atoms with van der Waals surface area (Å²) in [6, 6.07) is 8.73. The van der Waals surface area contributed by atoms with Gasteiger partial charge >= 0.3 is 6.09 Å². The van der Waals surface area contributed by atoms with E-state index in [0.29, 0.717) is 18.8 Å². The lowest BCUT2D eigenvalue weighted by Gasteiger charge is -2.12. The van der Waals surface area contributed by atoms with Crippen LogP contribution in [0.2, 0.25) is 0 Å². The number of likely N-dealkylation sites (tertiary alicyclic amines) is 1. The summed E-state index contributed by atoms with van der Waals surface area (Å²) < 4.78 is 13.2. The first-order valence-corrected chi connectivity index (χ1v) is 8.52. The fraction of sp³-hybridized carbons (Fsp3) is 0.211. The van der Waals surface area contributed by atoms with Crippen molar-refractivity contribution in [1.29, 1.82) is 0 Å². The molecule has 1 unspecified atom stereocenters. The summed E-state index contributed by atoms with van der Waals surface area (Å²) in [4.78, 5) is 31.6. The van der Waals surface area contributed by atoms with E-state index >= 15 is 0 Å². The number of nitrogens with zero attached hydrogens (tertiary/aromatic N) is 2. The van der Waals surface area contributed by atoms with Gasteiger partial charge in [0.25, 0.3) is 5.91 Å². The zero-order valence-corrected chi connectivity index (χ0v) is 14.3. The summed E-state index contributed by atoms with van der Waals surface area (Å²) in [5.41, 5.74) is 2.48. The highest BCUT2D eigenvalue weighted by Crippen LogP contribution is 2.30. The highest BCUT2D eigenvalue weighted by Gasteiger charge is 2.27. The third kappa shape index (κ3) is 3.46. The predicted octanol–water partition coefficient (Wildman–Crippen LogP) is 3.42. The second kappa shape index (κ2) is 6.71. The van der Waals surface area contributed by atoms with Gasteiger partial charge in [-0.15, -0.1) is 0 Å². The van der Waals surface area contributed by atoms with E-state index in [2.05, 4.69) is 15.3 Å². The van der Waals surface area contributed by atoms with E-state index in [1.807, 2.05) is 18.2 Å². The van der Waals surface area contributed by atoms with E-state index in [1.165, 1.54) is 17.2 Å². The van der Waals surface area contributed by atoms with Gasteiger partial charge in [0.15, 0.2) is 0 Å². The van der Waals surface area contributed by atoms with Crippen LogP contribution in [0, 0.1) is 5.82 Å². The van der Waals surface area contributed by atoms with E-state index in [1.54, 1.807) is 6.07 Å². The van der Waals surface area contributed by atoms with Crippen LogP contribution < -0.4 is 5.32 Å². The molecule has 138 valence electrons. The van der Waals surface area contributed by atoms with Crippen LogP contribution >= 0.6 is 0 Å². The minimum Gasteiger partial charge on any atom is -0.465 e. The van der Waals surface area contributed by atoms with Gasteiger partial charge in [0, 0.05) is 36.0 Å². The Labute approximate surface area is 153 Å². The molecule has 1 aliphatic heterocycles. The van der Waals surface area contributed by atoms with E-state index in [0.717, 1.165) is 29.1 Å². The van der Waals surface area contributed by atoms with Crippen LogP contribution in [0.25, 0.3) is 10.9 Å². The molecule has 27 heavy (non-hydrogen) atoms. The first-order chi connectivity index (χ1) is 13.0. The van der Waals surface area contributed by atoms with E-state index in [4.69, 9.17) is 5.11 Å². The number of carboxylic acid groups (broad SMARTS) is 1. The number of aromatic nitrogens is 2. The van der Waals surface area contributed by atoms with Crippen molar-refractivity contribution in [1.82, 2.24) is 14.9 Å². The molecule has 8 heteroatoms. The molecule has 1 aromatic carbocycles. The molecule has 1 atom stereocenters. The molecular formula is C19H17FN4O3. The van der Waals surface area contributed by atoms with Crippen molar-refractivity contribution >= 4 is 28.6 Å². The monoisotopic (exact) mass is 368 g/mol. The Balaban J connectivity index is 1.54. The predicted molar refractivity (Wildman–Crippen MR) is 97.4 cm³/mol. The minimum absolute atomic E-state index is 0.149. The quantitative estimate of drug-likeness (QED) is 0.660. The average Bonchev–Trinajstić information content (AvgIpc) is 3.28. The number of pyridine rings is 1. The van der Waals surface area contributed by atoms with E-state index in [-0.39, 0.29) is 11.6 Å². The lowest BCUT2D eigenvalue weighted by molar-refractivity contribution is 0.102. The average molecular weight is 368 g/mol. The number of halogens is 1. The number of hydrogen-bond acceptors (Lipinski definition) is 3. The zero-order valence-electron chi connectivity index (χ0n) is 14.3. The highest BCUT2D eigenvalue weighted by molar-refractivity contribution is 6.05. The van der Waals surface area contributed by atoms with Gasteiger partial charge in [-0.1, -0.05) is 6.07 Å². The number of carbonyl (C=O) groups excluding carboxylic acids is 1. The molecule has 2 amide bonds. The van der Waals surface area contributed by atoms with Crippen molar-refractivity contribution in [3.05, 3.63) is 59.8 Å². The first-order valence-electron chi connectivity index (χ1n) is 8.52. The van der Waals surface area contributed by atoms with Gasteiger partial charge in [-0.05, 0) is 30.2 Å². The molecule has 0 bridgehead atoms. The Morgan fingerprint density at radius 2 is 2.11 bits per heavy atom. The maximum absolute atomic E-state index is 13.2. The van der Waals surface area contributed by atoms with Crippen molar-refractivity contribution in [2.75, 3.05) is 18.4 Å². The molecule has 1 saturated heterocycles. The van der Waals surface area contributed by atoms with Crippen molar-refractivity contribution in [3.8, 4) is 0 Å². The molecule has 3 aromatic rings. The summed E-state index contributed by atoms with van der Waals surface area (Å²) in [6.07, 6.45) is 2.32. The summed E-state index contributed by atoms with van der Waals surface area (Å²) in [5.74, 6) is -0.768. The van der Waals surface area contributed by atoms with Gasteiger partial charge in [0.1, 0.15) is 11.5 Å². The second-order valence-electron chi connectivity index (χ2n) is 6.59. The van der Waals surface area contributed by atoms with Crippen molar-refractivity contribution in [3.63, 3.8) is 0 Å². The van der Waals surface area contributed by atoms with Crippen LogP contribution in [0.15, 0.2) is 42.7 Å². The standard InChI is InChI=1S/C19H17FN4O3/c20-14-7-15(9-21-8-14)22-18(25)17-6-13-5-11(1-2-16(13)23-17)12-3-4-24(10-12)19(26)27/h1-2,5-9,12,23H,3-4,10H2,(H,22,25)(H,26,27). The number of hydrogen-bond donors (Lipinski definition) is 3. The Morgan fingerprint density at radius 1 is 1.26 bits per heavy atom. The number of carbonyl (C=O) groups is 2. The number of benzene rings is 1. The number of nitrogens with one attached hydrogen (secondary N) is 2. The molecule has 3 heterocycles. The molecule has 1 fully saturated rings. The van der Waals surface area contributed by atoms with E-state index in [9.17, 15) is 14.0 Å². The first kappa shape index (κ1) is 17.0. The highest BCUT2D eigenvalue weighted by atomic mass is 19.1. The number of aromatic amines is 1. The van der Waals surface area contributed by atoms with Crippen LogP contribution in [0.3, 0.4) is 0 Å². The van der Waals surface area contributed by atoms with Gasteiger partial charge in [-0.3, -0.25) is 9.78 Å². The van der Waals surface area contributed by atoms with Crippen LogP contribution in [0.4, 0.5) is 14.9 Å². The Kier molecular flexibility index (Phi) is 4.23. The zero-order chi connectivity index (χ0) is 19.0. The van der Waals surface area contributed by atoms with Crippen molar-refractivity contribution in [2.24, 2.45) is 0 Å². The van der Waals surface area contributed by atoms with Crippen molar-refractivity contribution in [2.45, 2.75) is 12.3 Å². The minimum atomic E-state index is -0.897. The Morgan fingerprint density at radius 3 is 2.85 bits per heavy atom. The fourth-order valence-corrected chi connectivity index (χ4v) is 3.41. The molecular weight excluding hydrogens is 351 g/mol. The third-order valence-corrected chi connectivity index (χ3v) is 4.78. The summed E-state index contributed by atoms with van der Waals surface area (Å²) in [5, 5.41) is 12.6. The number of anilines is 1. The molecule has 1 aliphatic rings. The van der Waals surface area contributed by atoms with E-state index < -0.39 is 17.8 Å². The van der Waals surface area contributed by atoms with Crippen molar-refractivity contribution < 1.29 is 19.1 Å². The summed E-state index contributed by atoms with van der Waals surface area (Å²) >= 11 is 0. The maximum atomic E-state index is 13.2. The van der Waals surface area contributed by atoms with Gasteiger partial charge in [0.05, 0.1) is 18.1 Å². The second-order valence-corrected chi connectivity index (χ2v) is 6.59. The molecule has 0 aliphatic carbocycles. The van der Waals surface area contributed by atoms with Gasteiger partial charge in [-0.2, -0.15) is 0 Å². The SMILES string of the molecule is O=C(Nc1cncc(F)c1)c1cc2cc(C3CCN(C(=O)O)C3)ccc2[nH]1. The van der Waals surface area contributed by atoms with Gasteiger partial charge < -0.3 is 20.3 Å². The lowest BCUT2D eigenvalue weighted by Crippen LogP contribution is -2.26. The van der Waals surface area contributed by atoms with Gasteiger partial charge in [0.2, 0.25) is 0 Å². The van der Waals surface area contributed by atoms with Crippen LogP contribution in [-0.2, 0) is 0 Å². The summed E-state index contributed by atoms with van der Waals surface area (Å²) in [7, 11) is 0. The molecule has 2 aromatic heterocycles. The topological polar surface area (TPSA) is 98.3 Å². The largest absolute Gasteiger partial charge is 0.465 e. The molecule has 4 rings (SSSR count). The number of fused-ring (bicyclic) bond motifs is 1. The van der Waals surface area contributed by atoms with Gasteiger partial charge in [-0.25, -0.2) is 9.18 Å². The summed E-state index contributed by atoms with van der Waals surface area (Å²) in [6.45, 7) is 1.01. The lowest BCUT2D eigenvalue weighted by atomic mass is 9.97. The normalized spacial score (nSPS) is 16.6. The Hall–Kier alpha value is -3.42.